The molecule has 1 unspecified atom stereocenters. The van der Waals surface area contributed by atoms with Gasteiger partial charge in [-0.15, -0.1) is 22.7 Å². The third-order valence-electron chi connectivity index (χ3n) is 15.3. The van der Waals surface area contributed by atoms with E-state index in [9.17, 15) is 74.4 Å². The molecule has 2 saturated heterocycles. The minimum Gasteiger partial charge on any atom is -0.726 e. The summed E-state index contributed by atoms with van der Waals surface area (Å²) in [4.78, 5) is 131. The molecule has 19 atom stereocenters. The number of aromatic nitrogens is 6. The van der Waals surface area contributed by atoms with Crippen molar-refractivity contribution in [2.75, 3.05) is 56.8 Å². The third kappa shape index (κ3) is 24.6. The van der Waals surface area contributed by atoms with Crippen LogP contribution in [0.25, 0.3) is 10.7 Å². The molecule has 42 nitrogen and oxygen atoms in total. The van der Waals surface area contributed by atoms with Crippen molar-refractivity contribution in [3.8, 4) is 10.7 Å². The van der Waals surface area contributed by atoms with Gasteiger partial charge in [-0.3, -0.25) is 38.1 Å². The van der Waals surface area contributed by atoms with E-state index in [4.69, 9.17) is 69.9 Å². The number of thiazole rings is 2. The zero-order valence-corrected chi connectivity index (χ0v) is 58.2. The fourth-order valence-electron chi connectivity index (χ4n) is 9.80. The normalized spacial score (nSPS) is 23.4. The summed E-state index contributed by atoms with van der Waals surface area (Å²) in [6, 6.07) is -7.85. The van der Waals surface area contributed by atoms with E-state index in [0.29, 0.717) is 22.3 Å². The molecule has 4 aromatic heterocycles. The first-order valence-electron chi connectivity index (χ1n) is 30.5. The van der Waals surface area contributed by atoms with Crippen molar-refractivity contribution in [3.05, 3.63) is 56.8 Å². The molecule has 0 spiro atoms. The summed E-state index contributed by atoms with van der Waals surface area (Å²) in [5.41, 5.74) is 28.1. The average Bonchev–Trinajstić information content (AvgIpc) is 1.16. The third-order valence-corrected chi connectivity index (χ3v) is 18.2. The molecule has 4 aromatic rings. The lowest BCUT2D eigenvalue weighted by molar-refractivity contribution is -0.372. The largest absolute Gasteiger partial charge is 0.726 e. The van der Waals surface area contributed by atoms with Crippen molar-refractivity contribution in [1.82, 2.24) is 61.8 Å². The van der Waals surface area contributed by atoms with Gasteiger partial charge in [0, 0.05) is 55.2 Å². The lowest BCUT2D eigenvalue weighted by Gasteiger charge is -2.47. The monoisotopic (exact) mass is 1510 g/mol. The first kappa shape index (κ1) is 84.2. The maximum atomic E-state index is 15.2. The van der Waals surface area contributed by atoms with Gasteiger partial charge in [0.15, 0.2) is 18.7 Å². The lowest BCUT2D eigenvalue weighted by Crippen LogP contribution is -2.65. The quantitative estimate of drug-likeness (QED) is 0.00880. The Labute approximate surface area is 586 Å². The van der Waals surface area contributed by atoms with E-state index in [-0.39, 0.29) is 64.9 Å². The topological polar surface area (TPSA) is 705 Å². The molecule has 6 heterocycles. The van der Waals surface area contributed by atoms with Crippen LogP contribution in [0.4, 0.5) is 10.6 Å². The lowest BCUT2D eigenvalue weighted by atomic mass is 9.96. The second-order valence-corrected chi connectivity index (χ2v) is 28.3. The van der Waals surface area contributed by atoms with Gasteiger partial charge in [0.05, 0.1) is 85.2 Å². The molecule has 101 heavy (non-hydrogen) atoms. The second kappa shape index (κ2) is 38.7. The molecule has 0 radical (unpaired) electrons. The van der Waals surface area contributed by atoms with Crippen LogP contribution in [0.1, 0.15) is 88.8 Å². The summed E-state index contributed by atoms with van der Waals surface area (Å²) >= 11 is 2.52. The van der Waals surface area contributed by atoms with E-state index in [1.165, 1.54) is 50.4 Å². The van der Waals surface area contributed by atoms with Gasteiger partial charge >= 0.3 is 6.09 Å². The van der Waals surface area contributed by atoms with E-state index in [1.54, 1.807) is 10.8 Å². The SMILES string of the molecule is Cc1c(N)nc([C@H](CC(N)=O)NC[C@H](N)C(N)=O)nc1C(=O)N[C@H](C(=O)N[C@H](C)[C@@H](O)[C@H](C)C(=O)N[C@H](C(=O)NCCc1nc(-c2nc(C(=O)NCCC[S+](C)C)cs2)cs1)[C@@H](C)O)C(O[C@@H]1O[C@@H](CO)[C@@H](O)[C@H](O)[C@@H]1O[C@H]1O[C@H](CO)[C@@H](O)[C@H](OC(N)=O)[C@@H]1O)c1cnc[nH]1.O=S(=O)([O-])O. The Bertz CT molecular complexity index is 3540. The molecule has 0 aromatic carbocycles. The van der Waals surface area contributed by atoms with E-state index in [1.807, 2.05) is 0 Å². The van der Waals surface area contributed by atoms with Crippen LogP contribution in [0.15, 0.2) is 23.3 Å². The van der Waals surface area contributed by atoms with Gasteiger partial charge in [-0.25, -0.2) is 38.1 Å². The zero-order chi connectivity index (χ0) is 75.5. The van der Waals surface area contributed by atoms with Crippen molar-refractivity contribution < 1.29 is 120 Å². The number of nitrogen functional groups attached to an aromatic ring is 1. The number of imidazole rings is 1. The van der Waals surface area contributed by atoms with E-state index >= 15 is 4.79 Å². The highest BCUT2D eigenvalue weighted by Gasteiger charge is 2.54. The minimum absolute atomic E-state index is 0.00498. The van der Waals surface area contributed by atoms with Crippen molar-refractivity contribution >= 4 is 97.2 Å². The first-order valence-corrected chi connectivity index (χ1v) is 35.9. The number of nitrogens with two attached hydrogens (primary N) is 5. The number of nitrogens with zero attached hydrogens (tertiary/aromatic N) is 5. The molecule has 2 aliphatic heterocycles. The zero-order valence-electron chi connectivity index (χ0n) is 55.0. The standard InChI is InChI=1S/C55H83N17O21S3.H2O4S/c1-20-33(69-46(72-44(20)58)25(12-31(57)76)64-13-24(56)45(59)82)50(86)71-35(41(26-14-61-19-65-26)91-54-43(39(80)37(78)29(15-73)90-54)92-53-40(81)42(93-55(60)88)38(79)30(16-74)89-53)51(87)66-22(3)36(77)21(2)47(83)70-34(23(4)75)49(85)63-10-8-32-67-28(18-94-32)52-68-27(17-95-52)48(84)62-9-7-11-96(5)6;1-5(2,3)4/h14,17-19,21-25,29-30,34-43,53-54,64,73-75,77-81H,7-13,15-16,56H2,1-6H3,(H13-,57,58,59,60,61,62,63,65,66,69,70,71,72,76,82,83,84,85,86,87,88);(H2,1,2,3,4)/t21-,22+,23+,24-,25-,29-,30+,34-,35-,36-,37+,38+,39-,40-,41?,42-,43-,53+,54-;/m0./s1. The van der Waals surface area contributed by atoms with E-state index in [0.717, 1.165) is 24.7 Å². The Morgan fingerprint density at radius 1 is 0.802 bits per heavy atom. The number of nitrogens with one attached hydrogen (secondary N) is 7. The molecule has 6 rings (SSSR count). The minimum atomic E-state index is -4.92. The van der Waals surface area contributed by atoms with Gasteiger partial charge in [0.1, 0.15) is 100 Å². The number of hydrogen-bond donors (Lipinski definition) is 21. The molecular weight excluding hydrogens is 1430 g/mol. The highest BCUT2D eigenvalue weighted by Crippen LogP contribution is 2.35. The second-order valence-electron chi connectivity index (χ2n) is 23.2. The van der Waals surface area contributed by atoms with Crippen molar-refractivity contribution in [2.45, 2.75) is 157 Å². The van der Waals surface area contributed by atoms with Crippen LogP contribution in [0.2, 0.25) is 0 Å². The Morgan fingerprint density at radius 2 is 1.46 bits per heavy atom. The summed E-state index contributed by atoms with van der Waals surface area (Å²) in [5.74, 6) is -7.69. The molecule has 564 valence electrons. The summed E-state index contributed by atoms with van der Waals surface area (Å²) in [6.45, 7) is 3.18. The molecule has 46 heteroatoms. The fraction of sp³-hybridized carbons (Fsp3) is 0.618. The fourth-order valence-corrected chi connectivity index (χ4v) is 12.1. The first-order chi connectivity index (χ1) is 47.3. The van der Waals surface area contributed by atoms with Gasteiger partial charge in [-0.2, -0.15) is 0 Å². The Morgan fingerprint density at radius 3 is 2.05 bits per heavy atom. The average molecular weight is 1510 g/mol. The van der Waals surface area contributed by atoms with Crippen LogP contribution in [-0.4, -0.2) is 285 Å². The number of carbonyl (C=O) groups is 8. The maximum Gasteiger partial charge on any atom is 0.404 e. The Kier molecular flexibility index (Phi) is 32.3. The smallest absolute Gasteiger partial charge is 0.404 e. The van der Waals surface area contributed by atoms with Gasteiger partial charge in [-0.1, -0.05) is 6.92 Å². The van der Waals surface area contributed by atoms with E-state index < -0.39 is 193 Å². The molecule has 2 aliphatic rings. The number of aliphatic hydroxyl groups excluding tert-OH is 8. The van der Waals surface area contributed by atoms with Gasteiger partial charge in [-0.05, 0) is 31.7 Å². The Balaban J connectivity index is 0.00000354. The molecule has 8 amide bonds. The molecular formula is C55H85N17O25S4. The number of anilines is 1. The number of hydrogen-bond acceptors (Lipinski definition) is 34. The Hall–Kier alpha value is -7.43. The van der Waals surface area contributed by atoms with Gasteiger partial charge < -0.3 is 135 Å². The van der Waals surface area contributed by atoms with Crippen LogP contribution in [0.3, 0.4) is 0 Å². The van der Waals surface area contributed by atoms with Crippen LogP contribution in [0.5, 0.6) is 0 Å². The molecule has 0 aliphatic carbocycles. The number of aliphatic hydroxyl groups is 8. The number of amides is 8. The summed E-state index contributed by atoms with van der Waals surface area (Å²) < 4.78 is 61.6. The van der Waals surface area contributed by atoms with Crippen LogP contribution < -0.4 is 60.6 Å². The molecule has 0 saturated carbocycles. The van der Waals surface area contributed by atoms with Gasteiger partial charge in [0.2, 0.25) is 39.9 Å². The van der Waals surface area contributed by atoms with E-state index in [2.05, 4.69) is 74.3 Å². The summed E-state index contributed by atoms with van der Waals surface area (Å²) in [6.07, 6.45) is -20.0. The van der Waals surface area contributed by atoms with Crippen molar-refractivity contribution in [1.29, 1.82) is 0 Å². The summed E-state index contributed by atoms with van der Waals surface area (Å²) in [7, 11) is -4.66. The predicted molar refractivity (Wildman–Crippen MR) is 351 cm³/mol. The van der Waals surface area contributed by atoms with Gasteiger partial charge in [0.25, 0.3) is 11.8 Å². The molecule has 26 N–H and O–H groups in total. The number of H-pyrrole nitrogens is 1. The molecule has 0 bridgehead atoms. The number of rotatable bonds is 35. The van der Waals surface area contributed by atoms with Crippen molar-refractivity contribution in [3.63, 3.8) is 0 Å². The highest BCUT2D eigenvalue weighted by molar-refractivity contribution is 7.95. The highest BCUT2D eigenvalue weighted by atomic mass is 32.3. The number of carbonyl (C=O) groups excluding carboxylic acids is 8. The maximum absolute atomic E-state index is 15.2. The number of aromatic amines is 1. The predicted octanol–water partition coefficient (Wildman–Crippen LogP) is -8.70. The van der Waals surface area contributed by atoms with Crippen LogP contribution in [-0.2, 0) is 75.4 Å². The van der Waals surface area contributed by atoms with Crippen molar-refractivity contribution in [2.24, 2.45) is 28.9 Å². The van der Waals surface area contributed by atoms with Crippen LogP contribution in [0, 0.1) is 12.8 Å². The summed E-state index contributed by atoms with van der Waals surface area (Å²) in [5, 5.41) is 108. The molecule has 2 fully saturated rings. The number of primary amides is 3. The van der Waals surface area contributed by atoms with Crippen LogP contribution >= 0.6 is 22.7 Å². The number of ether oxygens (including phenoxy) is 5.